The van der Waals surface area contributed by atoms with Gasteiger partial charge in [0.15, 0.2) is 0 Å². The van der Waals surface area contributed by atoms with Gasteiger partial charge in [0.1, 0.15) is 0 Å². The zero-order valence-electron chi connectivity index (χ0n) is 7.27. The third-order valence-corrected chi connectivity index (χ3v) is 2.33. The van der Waals surface area contributed by atoms with E-state index in [4.69, 9.17) is 0 Å². The van der Waals surface area contributed by atoms with E-state index in [-0.39, 0.29) is 6.10 Å². The maximum atomic E-state index is 9.67. The average molecular weight is 166 g/mol. The zero-order valence-corrected chi connectivity index (χ0v) is 7.27. The molecule has 0 aliphatic heterocycles. The summed E-state index contributed by atoms with van der Waals surface area (Å²) < 4.78 is 1.73. The fourth-order valence-corrected chi connectivity index (χ4v) is 1.40. The topological polar surface area (TPSA) is 38.0 Å². The van der Waals surface area contributed by atoms with Crippen LogP contribution in [0.1, 0.15) is 31.1 Å². The van der Waals surface area contributed by atoms with E-state index >= 15 is 0 Å². The van der Waals surface area contributed by atoms with Crippen LogP contribution < -0.4 is 0 Å². The van der Waals surface area contributed by atoms with E-state index in [1.807, 2.05) is 19.3 Å². The second-order valence-electron chi connectivity index (χ2n) is 3.61. The second-order valence-corrected chi connectivity index (χ2v) is 3.61. The lowest BCUT2D eigenvalue weighted by atomic mass is 10.1. The molecule has 0 bridgehead atoms. The average Bonchev–Trinajstić information content (AvgIpc) is 2.72. The van der Waals surface area contributed by atoms with Crippen LogP contribution in [0.2, 0.25) is 0 Å². The molecule has 1 aromatic rings. The maximum Gasteiger partial charge on any atom is 0.0980 e. The first kappa shape index (κ1) is 7.80. The summed E-state index contributed by atoms with van der Waals surface area (Å²) in [5.74, 6) is 0.752. The van der Waals surface area contributed by atoms with Crippen LogP contribution in [0, 0.1) is 5.92 Å². The molecule has 1 fully saturated rings. The molecule has 0 spiro atoms. The molecule has 1 aliphatic rings. The molecular formula is C9H14N2O. The van der Waals surface area contributed by atoms with Gasteiger partial charge >= 0.3 is 0 Å². The van der Waals surface area contributed by atoms with Crippen molar-refractivity contribution in [2.24, 2.45) is 13.0 Å². The van der Waals surface area contributed by atoms with Gasteiger partial charge in [-0.15, -0.1) is 0 Å². The molecule has 3 nitrogen and oxygen atoms in total. The predicted octanol–water partition coefficient (Wildman–Crippen LogP) is 1.25. The van der Waals surface area contributed by atoms with Crippen LogP contribution >= 0.6 is 0 Å². The van der Waals surface area contributed by atoms with Crippen LogP contribution in [0.15, 0.2) is 12.3 Å². The molecule has 2 rings (SSSR count). The molecule has 0 aromatic carbocycles. The number of aliphatic hydroxyl groups excluding tert-OH is 1. The van der Waals surface area contributed by atoms with Gasteiger partial charge in [-0.25, -0.2) is 0 Å². The van der Waals surface area contributed by atoms with E-state index in [2.05, 4.69) is 5.10 Å². The summed E-state index contributed by atoms with van der Waals surface area (Å²) in [5.41, 5.74) is 0.810. The Morgan fingerprint density at radius 1 is 1.75 bits per heavy atom. The van der Waals surface area contributed by atoms with Crippen molar-refractivity contribution in [2.75, 3.05) is 0 Å². The van der Waals surface area contributed by atoms with Crippen molar-refractivity contribution in [3.05, 3.63) is 18.0 Å². The molecular weight excluding hydrogens is 152 g/mol. The van der Waals surface area contributed by atoms with Gasteiger partial charge in [-0.1, -0.05) is 12.8 Å². The SMILES string of the molecule is Cn1ccc(C(O)CC2CC2)n1. The van der Waals surface area contributed by atoms with Crippen LogP contribution in [0.3, 0.4) is 0 Å². The van der Waals surface area contributed by atoms with E-state index in [0.29, 0.717) is 0 Å². The van der Waals surface area contributed by atoms with Gasteiger partial charge in [0.25, 0.3) is 0 Å². The second kappa shape index (κ2) is 2.90. The van der Waals surface area contributed by atoms with E-state index < -0.39 is 0 Å². The number of aliphatic hydroxyl groups is 1. The van der Waals surface area contributed by atoms with Crippen LogP contribution in [0.25, 0.3) is 0 Å². The molecule has 0 saturated heterocycles. The summed E-state index contributed by atoms with van der Waals surface area (Å²) in [4.78, 5) is 0. The Morgan fingerprint density at radius 3 is 3.00 bits per heavy atom. The summed E-state index contributed by atoms with van der Waals surface area (Å²) in [6.45, 7) is 0. The smallest absolute Gasteiger partial charge is 0.0980 e. The molecule has 1 N–H and O–H groups in total. The minimum Gasteiger partial charge on any atom is -0.387 e. The summed E-state index contributed by atoms with van der Waals surface area (Å²) in [6, 6.07) is 1.88. The molecule has 1 heterocycles. The molecule has 3 heteroatoms. The third kappa shape index (κ3) is 1.67. The first-order chi connectivity index (χ1) is 5.75. The van der Waals surface area contributed by atoms with Crippen molar-refractivity contribution in [1.29, 1.82) is 0 Å². The van der Waals surface area contributed by atoms with E-state index in [9.17, 15) is 5.11 Å². The highest BCUT2D eigenvalue weighted by Gasteiger charge is 2.25. The molecule has 0 radical (unpaired) electrons. The highest BCUT2D eigenvalue weighted by atomic mass is 16.3. The van der Waals surface area contributed by atoms with Gasteiger partial charge in [-0.2, -0.15) is 5.10 Å². The van der Waals surface area contributed by atoms with Crippen molar-refractivity contribution in [1.82, 2.24) is 9.78 Å². The van der Waals surface area contributed by atoms with Gasteiger partial charge < -0.3 is 5.11 Å². The Bertz CT molecular complexity index is 265. The summed E-state index contributed by atoms with van der Waals surface area (Å²) >= 11 is 0. The highest BCUT2D eigenvalue weighted by Crippen LogP contribution is 2.37. The molecule has 1 saturated carbocycles. The fraction of sp³-hybridized carbons (Fsp3) is 0.667. The third-order valence-electron chi connectivity index (χ3n) is 2.33. The van der Waals surface area contributed by atoms with Crippen molar-refractivity contribution in [3.8, 4) is 0 Å². The Kier molecular flexibility index (Phi) is 1.89. The standard InChI is InChI=1S/C9H14N2O/c1-11-5-4-8(10-11)9(12)6-7-2-3-7/h4-5,7,9,12H,2-3,6H2,1H3. The molecule has 1 aromatic heterocycles. The first-order valence-electron chi connectivity index (χ1n) is 4.43. The van der Waals surface area contributed by atoms with Crippen LogP contribution in [0.4, 0.5) is 0 Å². The maximum absolute atomic E-state index is 9.67. The zero-order chi connectivity index (χ0) is 8.55. The number of aromatic nitrogens is 2. The van der Waals surface area contributed by atoms with Crippen LogP contribution in [0.5, 0.6) is 0 Å². The number of hydrogen-bond acceptors (Lipinski definition) is 2. The lowest BCUT2D eigenvalue weighted by molar-refractivity contribution is 0.155. The van der Waals surface area contributed by atoms with E-state index in [0.717, 1.165) is 18.0 Å². The van der Waals surface area contributed by atoms with Crippen molar-refractivity contribution >= 4 is 0 Å². The number of rotatable bonds is 3. The highest BCUT2D eigenvalue weighted by molar-refractivity contribution is 5.03. The van der Waals surface area contributed by atoms with Crippen molar-refractivity contribution in [3.63, 3.8) is 0 Å². The van der Waals surface area contributed by atoms with Gasteiger partial charge in [0.05, 0.1) is 11.8 Å². The lowest BCUT2D eigenvalue weighted by Crippen LogP contribution is -2.00. The molecule has 0 amide bonds. The quantitative estimate of drug-likeness (QED) is 0.734. The van der Waals surface area contributed by atoms with Crippen molar-refractivity contribution in [2.45, 2.75) is 25.4 Å². The van der Waals surface area contributed by atoms with Crippen LogP contribution in [-0.4, -0.2) is 14.9 Å². The van der Waals surface area contributed by atoms with Crippen LogP contribution in [-0.2, 0) is 7.05 Å². The fourth-order valence-electron chi connectivity index (χ4n) is 1.40. The normalized spacial score (nSPS) is 19.5. The van der Waals surface area contributed by atoms with Crippen molar-refractivity contribution < 1.29 is 5.11 Å². The molecule has 1 atom stereocenters. The van der Waals surface area contributed by atoms with E-state index in [1.54, 1.807) is 4.68 Å². The Hall–Kier alpha value is -0.830. The number of hydrogen-bond donors (Lipinski definition) is 1. The minimum absolute atomic E-state index is 0.348. The van der Waals surface area contributed by atoms with Gasteiger partial charge in [0.2, 0.25) is 0 Å². The summed E-state index contributed by atoms with van der Waals surface area (Å²) in [5, 5.41) is 13.8. The predicted molar refractivity (Wildman–Crippen MR) is 45.5 cm³/mol. The lowest BCUT2D eigenvalue weighted by Gasteiger charge is -2.04. The molecule has 1 unspecified atom stereocenters. The summed E-state index contributed by atoms with van der Waals surface area (Å²) in [7, 11) is 1.87. The molecule has 66 valence electrons. The first-order valence-corrected chi connectivity index (χ1v) is 4.43. The Morgan fingerprint density at radius 2 is 2.50 bits per heavy atom. The van der Waals surface area contributed by atoms with Gasteiger partial charge in [-0.05, 0) is 18.4 Å². The molecule has 1 aliphatic carbocycles. The Labute approximate surface area is 72.0 Å². The summed E-state index contributed by atoms with van der Waals surface area (Å²) in [6.07, 6.45) is 4.97. The number of nitrogens with zero attached hydrogens (tertiary/aromatic N) is 2. The minimum atomic E-state index is -0.348. The Balaban J connectivity index is 1.97. The monoisotopic (exact) mass is 166 g/mol. The van der Waals surface area contributed by atoms with Gasteiger partial charge in [-0.3, -0.25) is 4.68 Å². The molecule has 12 heavy (non-hydrogen) atoms. The van der Waals surface area contributed by atoms with E-state index in [1.165, 1.54) is 12.8 Å². The van der Waals surface area contributed by atoms with Gasteiger partial charge in [0, 0.05) is 13.2 Å². The number of aryl methyl sites for hydroxylation is 1. The largest absolute Gasteiger partial charge is 0.387 e.